The van der Waals surface area contributed by atoms with Crippen LogP contribution in [-0.4, -0.2) is 57.7 Å². The van der Waals surface area contributed by atoms with Crippen LogP contribution < -0.4 is 20.3 Å². The molecule has 198 valence electrons. The molecule has 0 saturated carbocycles. The third kappa shape index (κ3) is 5.49. The molecule has 37 heavy (non-hydrogen) atoms. The number of anilines is 2. The summed E-state index contributed by atoms with van der Waals surface area (Å²) in [6.07, 6.45) is 6.08. The van der Waals surface area contributed by atoms with Gasteiger partial charge in [-0.3, -0.25) is 0 Å². The Balaban J connectivity index is 1.16. The molecule has 2 aliphatic rings. The van der Waals surface area contributed by atoms with Crippen LogP contribution in [0.25, 0.3) is 0 Å². The van der Waals surface area contributed by atoms with Crippen molar-refractivity contribution < 1.29 is 17.9 Å². The highest BCUT2D eigenvalue weighted by Gasteiger charge is 2.35. The Kier molecular flexibility index (Phi) is 7.47. The minimum absolute atomic E-state index is 0.00170. The third-order valence-electron chi connectivity index (χ3n) is 7.27. The van der Waals surface area contributed by atoms with E-state index in [1.54, 1.807) is 12.4 Å². The number of rotatable bonds is 7. The zero-order chi connectivity index (χ0) is 26.1. The van der Waals surface area contributed by atoms with Gasteiger partial charge < -0.3 is 20.3 Å². The van der Waals surface area contributed by atoms with Gasteiger partial charge in [-0.1, -0.05) is 6.92 Å². The molecule has 5 rings (SSSR count). The number of nitrogens with zero attached hydrogens (tertiary/aromatic N) is 6. The number of nitrogens with two attached hydrogens (primary N) is 1. The monoisotopic (exact) mass is 533 g/mol. The molecular weight excluding hydrogens is 503 g/mol. The highest BCUT2D eigenvalue weighted by molar-refractivity contribution is 7.09. The van der Waals surface area contributed by atoms with Crippen LogP contribution >= 0.6 is 11.5 Å². The molecule has 0 aliphatic carbocycles. The second kappa shape index (κ2) is 10.8. The van der Waals surface area contributed by atoms with Gasteiger partial charge in [0.2, 0.25) is 11.1 Å². The minimum Gasteiger partial charge on any atom is -0.487 e. The van der Waals surface area contributed by atoms with Crippen LogP contribution in [0.1, 0.15) is 44.0 Å². The van der Waals surface area contributed by atoms with Gasteiger partial charge in [-0.2, -0.15) is 4.37 Å². The standard InChI is InChI=1S/C25H30F3N7OS/c1-3-23-32-25(37-33-23)34-6-4-15(5-7-34)14(2)36-16-10-30-24(31-11-16)35-12-18(22(29)13-35)17-8-20(27)21(28)9-19(17)26/h8-11,14-15,18,22H,3-7,12-13,29H2,1-2H3/t14-,18+,22-/m0/s1. The SMILES string of the molecule is CCc1nsc(N2CCC([C@H](C)Oc3cnc(N4C[C@H](c5cc(F)c(F)cc5F)[C@@H](N)C4)nc3)CC2)n1. The summed E-state index contributed by atoms with van der Waals surface area (Å²) >= 11 is 1.46. The van der Waals surface area contributed by atoms with Gasteiger partial charge in [0, 0.05) is 62.2 Å². The van der Waals surface area contributed by atoms with Crippen LogP contribution in [0.3, 0.4) is 0 Å². The molecule has 4 heterocycles. The van der Waals surface area contributed by atoms with Crippen LogP contribution in [0, 0.1) is 23.4 Å². The predicted octanol–water partition coefficient (Wildman–Crippen LogP) is 3.92. The second-order valence-electron chi connectivity index (χ2n) is 9.68. The number of aromatic nitrogens is 4. The van der Waals surface area contributed by atoms with Crippen molar-refractivity contribution in [1.82, 2.24) is 19.3 Å². The number of piperidine rings is 1. The van der Waals surface area contributed by atoms with E-state index in [2.05, 4.69) is 38.1 Å². The molecule has 0 unspecified atom stereocenters. The molecule has 3 atom stereocenters. The van der Waals surface area contributed by atoms with E-state index in [4.69, 9.17) is 10.5 Å². The summed E-state index contributed by atoms with van der Waals surface area (Å²) in [6.45, 7) is 6.62. The van der Waals surface area contributed by atoms with Crippen LogP contribution in [0.2, 0.25) is 0 Å². The highest BCUT2D eigenvalue weighted by Crippen LogP contribution is 2.32. The second-order valence-corrected chi connectivity index (χ2v) is 10.4. The van der Waals surface area contributed by atoms with E-state index in [1.165, 1.54) is 11.5 Å². The van der Waals surface area contributed by atoms with E-state index in [-0.39, 0.29) is 11.7 Å². The van der Waals surface area contributed by atoms with E-state index in [0.717, 1.165) is 49.4 Å². The van der Waals surface area contributed by atoms with E-state index in [0.29, 0.717) is 36.8 Å². The van der Waals surface area contributed by atoms with Gasteiger partial charge in [0.1, 0.15) is 11.6 Å². The molecule has 2 N–H and O–H groups in total. The van der Waals surface area contributed by atoms with Crippen molar-refractivity contribution in [3.63, 3.8) is 0 Å². The number of halogens is 3. The molecule has 8 nitrogen and oxygen atoms in total. The Labute approximate surface area is 217 Å². The molecule has 2 aliphatic heterocycles. The average Bonchev–Trinajstić information content (AvgIpc) is 3.54. The number of hydrogen-bond donors (Lipinski definition) is 1. The molecule has 3 aromatic rings. The van der Waals surface area contributed by atoms with E-state index in [9.17, 15) is 13.2 Å². The van der Waals surface area contributed by atoms with Gasteiger partial charge in [-0.05, 0) is 37.3 Å². The molecule has 0 bridgehead atoms. The molecule has 0 spiro atoms. The first kappa shape index (κ1) is 25.7. The van der Waals surface area contributed by atoms with Crippen LogP contribution in [-0.2, 0) is 6.42 Å². The fourth-order valence-electron chi connectivity index (χ4n) is 5.06. The molecule has 2 fully saturated rings. The Morgan fingerprint density at radius 3 is 2.43 bits per heavy atom. The topological polar surface area (TPSA) is 93.3 Å². The summed E-state index contributed by atoms with van der Waals surface area (Å²) in [5.74, 6) is -1.33. The van der Waals surface area contributed by atoms with Crippen molar-refractivity contribution >= 4 is 22.6 Å². The van der Waals surface area contributed by atoms with Crippen LogP contribution in [0.4, 0.5) is 24.3 Å². The molecule has 12 heteroatoms. The quantitative estimate of drug-likeness (QED) is 0.457. The van der Waals surface area contributed by atoms with Crippen molar-refractivity contribution in [1.29, 1.82) is 0 Å². The lowest BCUT2D eigenvalue weighted by Crippen LogP contribution is -2.38. The first-order chi connectivity index (χ1) is 17.8. The summed E-state index contributed by atoms with van der Waals surface area (Å²) in [5, 5.41) is 0.990. The maximum Gasteiger partial charge on any atom is 0.225 e. The summed E-state index contributed by atoms with van der Waals surface area (Å²) in [7, 11) is 0. The van der Waals surface area contributed by atoms with Crippen LogP contribution in [0.15, 0.2) is 24.5 Å². The fourth-order valence-corrected chi connectivity index (χ4v) is 5.87. The smallest absolute Gasteiger partial charge is 0.225 e. The summed E-state index contributed by atoms with van der Waals surface area (Å²) in [5.41, 5.74) is 6.28. The molecule has 1 aromatic carbocycles. The highest BCUT2D eigenvalue weighted by atomic mass is 32.1. The van der Waals surface area contributed by atoms with E-state index in [1.807, 2.05) is 4.90 Å². The van der Waals surface area contributed by atoms with Crippen molar-refractivity contribution in [3.8, 4) is 5.75 Å². The summed E-state index contributed by atoms with van der Waals surface area (Å²) < 4.78 is 51.9. The Morgan fingerprint density at radius 2 is 1.76 bits per heavy atom. The van der Waals surface area contributed by atoms with E-state index < -0.39 is 29.4 Å². The van der Waals surface area contributed by atoms with Crippen molar-refractivity contribution in [2.45, 2.75) is 51.2 Å². The number of ether oxygens (including phenoxy) is 1. The maximum absolute atomic E-state index is 14.3. The molecule has 2 saturated heterocycles. The Hall–Kier alpha value is -2.99. The fraction of sp³-hybridized carbons (Fsp3) is 0.520. The number of benzene rings is 1. The zero-order valence-electron chi connectivity index (χ0n) is 20.8. The Morgan fingerprint density at radius 1 is 1.05 bits per heavy atom. The zero-order valence-corrected chi connectivity index (χ0v) is 21.6. The summed E-state index contributed by atoms with van der Waals surface area (Å²) in [6, 6.07) is 0.976. The van der Waals surface area contributed by atoms with Gasteiger partial charge in [0.15, 0.2) is 17.4 Å². The molecular formula is C25H30F3N7OS. The Bertz CT molecular complexity index is 1220. The molecule has 0 amide bonds. The van der Waals surface area contributed by atoms with Crippen molar-refractivity contribution in [2.24, 2.45) is 11.7 Å². The molecule has 0 radical (unpaired) electrons. The van der Waals surface area contributed by atoms with Gasteiger partial charge in [0.05, 0.1) is 18.5 Å². The predicted molar refractivity (Wildman–Crippen MR) is 136 cm³/mol. The van der Waals surface area contributed by atoms with Gasteiger partial charge in [-0.15, -0.1) is 0 Å². The lowest BCUT2D eigenvalue weighted by molar-refractivity contribution is 0.132. The third-order valence-corrected chi connectivity index (χ3v) is 8.09. The summed E-state index contributed by atoms with van der Waals surface area (Å²) in [4.78, 5) is 17.5. The lowest BCUT2D eigenvalue weighted by atomic mass is 9.92. The number of aryl methyl sites for hydroxylation is 1. The maximum atomic E-state index is 14.3. The normalized spacial score (nSPS) is 21.5. The van der Waals surface area contributed by atoms with Crippen LogP contribution in [0.5, 0.6) is 5.75 Å². The first-order valence-electron chi connectivity index (χ1n) is 12.5. The average molecular weight is 534 g/mol. The largest absolute Gasteiger partial charge is 0.487 e. The van der Waals surface area contributed by atoms with E-state index >= 15 is 0 Å². The first-order valence-corrected chi connectivity index (χ1v) is 13.3. The van der Waals surface area contributed by atoms with Crippen molar-refractivity contribution in [3.05, 3.63) is 53.4 Å². The lowest BCUT2D eigenvalue weighted by Gasteiger charge is -2.34. The molecule has 2 aromatic heterocycles. The van der Waals surface area contributed by atoms with Gasteiger partial charge in [0.25, 0.3) is 0 Å². The number of hydrogen-bond acceptors (Lipinski definition) is 9. The van der Waals surface area contributed by atoms with Gasteiger partial charge in [-0.25, -0.2) is 28.1 Å². The minimum atomic E-state index is -1.22. The van der Waals surface area contributed by atoms with Gasteiger partial charge >= 0.3 is 0 Å². The van der Waals surface area contributed by atoms with Crippen molar-refractivity contribution in [2.75, 3.05) is 36.0 Å².